The molecule has 0 aliphatic carbocycles. The Kier molecular flexibility index (Phi) is 5.17. The molecule has 1 fully saturated rings. The summed E-state index contributed by atoms with van der Waals surface area (Å²) in [6, 6.07) is -0.373. The average Bonchev–Trinajstić information content (AvgIpc) is 2.26. The summed E-state index contributed by atoms with van der Waals surface area (Å²) < 4.78 is 27.9. The number of aliphatic hydroxyl groups is 1. The fourth-order valence-electron chi connectivity index (χ4n) is 1.90. The van der Waals surface area contributed by atoms with Crippen LogP contribution in [0.1, 0.15) is 33.1 Å². The summed E-state index contributed by atoms with van der Waals surface area (Å²) in [6.45, 7) is 4.92. The van der Waals surface area contributed by atoms with Crippen LogP contribution in [0.25, 0.3) is 0 Å². The highest BCUT2D eigenvalue weighted by atomic mass is 32.2. The van der Waals surface area contributed by atoms with Crippen LogP contribution >= 0.6 is 0 Å². The Labute approximate surface area is 98.0 Å². The maximum atomic E-state index is 12.0. The van der Waals surface area contributed by atoms with E-state index in [0.29, 0.717) is 25.4 Å². The summed E-state index contributed by atoms with van der Waals surface area (Å²) in [4.78, 5) is 0. The van der Waals surface area contributed by atoms with Crippen LogP contribution in [0.15, 0.2) is 0 Å². The van der Waals surface area contributed by atoms with Crippen LogP contribution in [0.3, 0.4) is 0 Å². The lowest BCUT2D eigenvalue weighted by Crippen LogP contribution is -2.49. The second kappa shape index (κ2) is 5.95. The summed E-state index contributed by atoms with van der Waals surface area (Å²) in [5, 5.41) is 8.99. The minimum Gasteiger partial charge on any atom is -0.395 e. The zero-order valence-electron chi connectivity index (χ0n) is 10.0. The lowest BCUT2D eigenvalue weighted by atomic mass is 10.0. The molecule has 2 atom stereocenters. The molecule has 2 N–H and O–H groups in total. The second-order valence-corrected chi connectivity index (χ2v) is 6.22. The number of piperidine rings is 1. The molecule has 1 aliphatic rings. The summed E-state index contributed by atoms with van der Waals surface area (Å²) in [5.74, 6) is 0.416. The van der Waals surface area contributed by atoms with E-state index in [-0.39, 0.29) is 12.6 Å². The van der Waals surface area contributed by atoms with E-state index in [9.17, 15) is 8.42 Å². The van der Waals surface area contributed by atoms with Gasteiger partial charge in [-0.3, -0.25) is 0 Å². The van der Waals surface area contributed by atoms with Crippen LogP contribution in [-0.4, -0.2) is 43.6 Å². The topological polar surface area (TPSA) is 69.6 Å². The van der Waals surface area contributed by atoms with Gasteiger partial charge in [0.15, 0.2) is 0 Å². The number of rotatable bonds is 5. The maximum Gasteiger partial charge on any atom is 0.279 e. The van der Waals surface area contributed by atoms with E-state index >= 15 is 0 Å². The lowest BCUT2D eigenvalue weighted by Gasteiger charge is -2.31. The maximum absolute atomic E-state index is 12.0. The van der Waals surface area contributed by atoms with Crippen LogP contribution in [0.2, 0.25) is 0 Å². The van der Waals surface area contributed by atoms with Crippen molar-refractivity contribution >= 4 is 10.2 Å². The molecule has 1 unspecified atom stereocenters. The minimum absolute atomic E-state index is 0.154. The molecule has 0 amide bonds. The van der Waals surface area contributed by atoms with Gasteiger partial charge in [-0.05, 0) is 25.2 Å². The van der Waals surface area contributed by atoms with E-state index in [0.717, 1.165) is 12.8 Å². The Balaban J connectivity index is 2.62. The number of nitrogens with one attached hydrogen (secondary N) is 1. The molecule has 0 aromatic rings. The van der Waals surface area contributed by atoms with Crippen molar-refractivity contribution in [2.24, 2.45) is 5.92 Å². The fourth-order valence-corrected chi connectivity index (χ4v) is 3.53. The Morgan fingerprint density at radius 2 is 2.25 bits per heavy atom. The van der Waals surface area contributed by atoms with Gasteiger partial charge in [0.05, 0.1) is 6.61 Å². The van der Waals surface area contributed by atoms with Crippen LogP contribution in [0, 0.1) is 5.92 Å². The van der Waals surface area contributed by atoms with E-state index in [2.05, 4.69) is 11.6 Å². The Morgan fingerprint density at radius 3 is 2.75 bits per heavy atom. The number of nitrogens with zero attached hydrogens (tertiary/aromatic N) is 1. The molecule has 0 aromatic heterocycles. The van der Waals surface area contributed by atoms with Gasteiger partial charge in [0, 0.05) is 19.1 Å². The third kappa shape index (κ3) is 3.69. The quantitative estimate of drug-likeness (QED) is 0.738. The fraction of sp³-hybridized carbons (Fsp3) is 1.00. The van der Waals surface area contributed by atoms with Crippen molar-refractivity contribution < 1.29 is 13.5 Å². The molecular formula is C10H22N2O3S. The number of aliphatic hydroxyl groups excluding tert-OH is 1. The molecule has 0 saturated carbocycles. The molecule has 5 nitrogen and oxygen atoms in total. The van der Waals surface area contributed by atoms with Gasteiger partial charge in [-0.1, -0.05) is 13.8 Å². The Bertz CT molecular complexity index is 301. The predicted molar refractivity (Wildman–Crippen MR) is 63.2 cm³/mol. The first-order valence-electron chi connectivity index (χ1n) is 5.87. The summed E-state index contributed by atoms with van der Waals surface area (Å²) in [5.41, 5.74) is 0. The zero-order chi connectivity index (χ0) is 12.2. The SMILES string of the molecule is CC[C@@H](CO)NS(=O)(=O)N1CCCC(C)C1. The van der Waals surface area contributed by atoms with Gasteiger partial charge in [0.25, 0.3) is 10.2 Å². The van der Waals surface area contributed by atoms with E-state index < -0.39 is 10.2 Å². The van der Waals surface area contributed by atoms with Crippen molar-refractivity contribution in [3.05, 3.63) is 0 Å². The molecule has 0 aromatic carbocycles. The average molecular weight is 250 g/mol. The molecule has 0 radical (unpaired) electrons. The van der Waals surface area contributed by atoms with E-state index in [1.165, 1.54) is 4.31 Å². The molecule has 96 valence electrons. The summed E-state index contributed by atoms with van der Waals surface area (Å²) in [7, 11) is -3.42. The minimum atomic E-state index is -3.42. The number of hydrogen-bond donors (Lipinski definition) is 2. The summed E-state index contributed by atoms with van der Waals surface area (Å²) >= 11 is 0. The first kappa shape index (κ1) is 13.9. The van der Waals surface area contributed by atoms with E-state index in [1.807, 2.05) is 6.92 Å². The van der Waals surface area contributed by atoms with Gasteiger partial charge in [-0.25, -0.2) is 0 Å². The molecule has 1 rings (SSSR count). The molecule has 6 heteroatoms. The van der Waals surface area contributed by atoms with Gasteiger partial charge in [0.2, 0.25) is 0 Å². The molecule has 1 aliphatic heterocycles. The third-order valence-corrected chi connectivity index (χ3v) is 4.63. The molecule has 0 bridgehead atoms. The third-order valence-electron chi connectivity index (χ3n) is 2.99. The highest BCUT2D eigenvalue weighted by Crippen LogP contribution is 2.17. The highest BCUT2D eigenvalue weighted by molar-refractivity contribution is 7.87. The molecule has 1 saturated heterocycles. The molecule has 16 heavy (non-hydrogen) atoms. The summed E-state index contributed by atoms with van der Waals surface area (Å²) in [6.07, 6.45) is 2.60. The molecule has 0 spiro atoms. The van der Waals surface area contributed by atoms with Crippen molar-refractivity contribution in [1.29, 1.82) is 0 Å². The largest absolute Gasteiger partial charge is 0.395 e. The molecular weight excluding hydrogens is 228 g/mol. The predicted octanol–water partition coefficient (Wildman–Crippen LogP) is 0.324. The van der Waals surface area contributed by atoms with Crippen LogP contribution in [0.5, 0.6) is 0 Å². The van der Waals surface area contributed by atoms with Crippen LogP contribution in [0.4, 0.5) is 0 Å². The van der Waals surface area contributed by atoms with Crippen molar-refractivity contribution in [2.75, 3.05) is 19.7 Å². The first-order chi connectivity index (χ1) is 7.49. The Morgan fingerprint density at radius 1 is 1.56 bits per heavy atom. The van der Waals surface area contributed by atoms with Gasteiger partial charge in [-0.2, -0.15) is 17.4 Å². The normalized spacial score (nSPS) is 25.6. The Hall–Kier alpha value is -0.170. The van der Waals surface area contributed by atoms with Crippen molar-refractivity contribution in [2.45, 2.75) is 39.2 Å². The van der Waals surface area contributed by atoms with Crippen LogP contribution < -0.4 is 4.72 Å². The van der Waals surface area contributed by atoms with Crippen molar-refractivity contribution in [3.8, 4) is 0 Å². The van der Waals surface area contributed by atoms with E-state index in [1.54, 1.807) is 0 Å². The smallest absolute Gasteiger partial charge is 0.279 e. The van der Waals surface area contributed by atoms with Gasteiger partial charge >= 0.3 is 0 Å². The van der Waals surface area contributed by atoms with Gasteiger partial charge < -0.3 is 5.11 Å². The van der Waals surface area contributed by atoms with Gasteiger partial charge in [-0.15, -0.1) is 0 Å². The van der Waals surface area contributed by atoms with Gasteiger partial charge in [0.1, 0.15) is 0 Å². The zero-order valence-corrected chi connectivity index (χ0v) is 10.8. The lowest BCUT2D eigenvalue weighted by molar-refractivity contribution is 0.243. The second-order valence-electron chi connectivity index (χ2n) is 4.52. The first-order valence-corrected chi connectivity index (χ1v) is 7.31. The van der Waals surface area contributed by atoms with Crippen LogP contribution in [-0.2, 0) is 10.2 Å². The standard InChI is InChI=1S/C10H22N2O3S/c1-3-10(8-13)11-16(14,15)12-6-4-5-9(2)7-12/h9-11,13H,3-8H2,1-2H3/t9?,10-/m0/s1. The highest BCUT2D eigenvalue weighted by Gasteiger charge is 2.28. The molecule has 1 heterocycles. The monoisotopic (exact) mass is 250 g/mol. The number of hydrogen-bond acceptors (Lipinski definition) is 3. The van der Waals surface area contributed by atoms with Crippen molar-refractivity contribution in [1.82, 2.24) is 9.03 Å². The van der Waals surface area contributed by atoms with Crippen molar-refractivity contribution in [3.63, 3.8) is 0 Å². The van der Waals surface area contributed by atoms with E-state index in [4.69, 9.17) is 5.11 Å².